The Balaban J connectivity index is 0.000000260. The molecule has 26 heavy (non-hydrogen) atoms. The highest BCUT2D eigenvalue weighted by Gasteiger charge is 2.23. The van der Waals surface area contributed by atoms with E-state index in [4.69, 9.17) is 0 Å². The van der Waals surface area contributed by atoms with Gasteiger partial charge < -0.3 is 0 Å². The van der Waals surface area contributed by atoms with Crippen molar-refractivity contribution in [3.63, 3.8) is 0 Å². The van der Waals surface area contributed by atoms with Crippen molar-refractivity contribution in [2.24, 2.45) is 0 Å². The first-order valence-electron chi connectivity index (χ1n) is 9.50. The predicted octanol–water partition coefficient (Wildman–Crippen LogP) is 8.08. The molecule has 0 amide bonds. The number of hydrogen-bond acceptors (Lipinski definition) is 3. The third kappa shape index (κ3) is 6.81. The van der Waals surface area contributed by atoms with E-state index in [1.807, 2.05) is 28.9 Å². The largest absolute Gasteiger partial charge is 0.249 e. The van der Waals surface area contributed by atoms with E-state index in [1.54, 1.807) is 0 Å². The summed E-state index contributed by atoms with van der Waals surface area (Å²) in [5.74, 6) is 0. The van der Waals surface area contributed by atoms with Crippen LogP contribution >= 0.6 is 22.7 Å². The zero-order valence-corrected chi connectivity index (χ0v) is 20.6. The normalized spacial score (nSPS) is 13.4. The maximum Gasteiger partial charge on any atom is 0.0981 e. The topological polar surface area (TPSA) is 12.9 Å². The zero-order valence-electron chi connectivity index (χ0n) is 19.0. The molecule has 0 aliphatic heterocycles. The average Bonchev–Trinajstić information content (AvgIpc) is 3.06. The molecule has 0 saturated carbocycles. The summed E-state index contributed by atoms with van der Waals surface area (Å²) < 4.78 is 0. The Labute approximate surface area is 170 Å². The molecule has 0 saturated heterocycles. The van der Waals surface area contributed by atoms with E-state index in [0.717, 1.165) is 0 Å². The Hall–Kier alpha value is -0.670. The number of thiazole rings is 1. The summed E-state index contributed by atoms with van der Waals surface area (Å²) in [7, 11) is 0. The van der Waals surface area contributed by atoms with Crippen LogP contribution in [0.25, 0.3) is 0 Å². The smallest absolute Gasteiger partial charge is 0.0981 e. The lowest BCUT2D eigenvalue weighted by Gasteiger charge is -2.18. The van der Waals surface area contributed by atoms with Crippen LogP contribution < -0.4 is 0 Å². The van der Waals surface area contributed by atoms with Gasteiger partial charge >= 0.3 is 0 Å². The van der Waals surface area contributed by atoms with Crippen LogP contribution in [0, 0.1) is 0 Å². The Morgan fingerprint density at radius 1 is 0.538 bits per heavy atom. The maximum absolute atomic E-state index is 4.47. The second kappa shape index (κ2) is 7.75. The minimum atomic E-state index is 0.189. The SMILES string of the molecule is CC(C)(C)c1ccc(C(C)(C)C)s1.CC(C)(C)c1cnc(C(C)(C)C)s1. The molecule has 0 aliphatic rings. The van der Waals surface area contributed by atoms with Gasteiger partial charge in [0.15, 0.2) is 0 Å². The van der Waals surface area contributed by atoms with Gasteiger partial charge in [0.05, 0.1) is 5.01 Å². The molecule has 2 heterocycles. The van der Waals surface area contributed by atoms with Gasteiger partial charge in [-0.05, 0) is 28.4 Å². The van der Waals surface area contributed by atoms with Crippen LogP contribution in [0.15, 0.2) is 18.3 Å². The van der Waals surface area contributed by atoms with Crippen molar-refractivity contribution in [1.29, 1.82) is 0 Å². The molecule has 2 rings (SSSR count). The van der Waals surface area contributed by atoms with Crippen molar-refractivity contribution < 1.29 is 0 Å². The van der Waals surface area contributed by atoms with Crippen LogP contribution in [0.1, 0.15) is 103 Å². The van der Waals surface area contributed by atoms with Crippen molar-refractivity contribution in [1.82, 2.24) is 4.98 Å². The molecule has 0 atom stereocenters. The number of nitrogens with zero attached hydrogens (tertiary/aromatic N) is 1. The lowest BCUT2D eigenvalue weighted by Crippen LogP contribution is -2.10. The summed E-state index contributed by atoms with van der Waals surface area (Å²) >= 11 is 3.78. The molecule has 1 nitrogen and oxygen atoms in total. The minimum Gasteiger partial charge on any atom is -0.249 e. The Bertz CT molecular complexity index is 573. The van der Waals surface area contributed by atoms with Crippen molar-refractivity contribution in [2.75, 3.05) is 0 Å². The summed E-state index contributed by atoms with van der Waals surface area (Å²) in [5.41, 5.74) is 1.03. The van der Waals surface area contributed by atoms with Gasteiger partial charge in [-0.3, -0.25) is 0 Å². The van der Waals surface area contributed by atoms with E-state index in [1.165, 1.54) is 19.6 Å². The first-order chi connectivity index (χ1) is 11.4. The highest BCUT2D eigenvalue weighted by atomic mass is 32.1. The number of rotatable bonds is 0. The molecular formula is C23H39NS2. The Morgan fingerprint density at radius 2 is 0.923 bits per heavy atom. The molecule has 0 N–H and O–H groups in total. The minimum absolute atomic E-state index is 0.189. The van der Waals surface area contributed by atoms with Crippen LogP contribution in [0.3, 0.4) is 0 Å². The van der Waals surface area contributed by atoms with E-state index in [-0.39, 0.29) is 10.8 Å². The summed E-state index contributed by atoms with van der Waals surface area (Å²) in [6, 6.07) is 4.54. The van der Waals surface area contributed by atoms with Gasteiger partial charge in [0.2, 0.25) is 0 Å². The second-order valence-electron chi connectivity index (χ2n) is 11.2. The fourth-order valence-electron chi connectivity index (χ4n) is 2.11. The fourth-order valence-corrected chi connectivity index (χ4v) is 4.26. The molecule has 0 unspecified atom stereocenters. The molecule has 0 aromatic carbocycles. The van der Waals surface area contributed by atoms with Gasteiger partial charge in [0.25, 0.3) is 0 Å². The first kappa shape index (κ1) is 23.4. The molecule has 3 heteroatoms. The predicted molar refractivity (Wildman–Crippen MR) is 121 cm³/mol. The van der Waals surface area contributed by atoms with Crippen molar-refractivity contribution in [3.05, 3.63) is 38.0 Å². The molecule has 0 radical (unpaired) electrons. The zero-order chi connectivity index (χ0) is 20.6. The maximum atomic E-state index is 4.47. The van der Waals surface area contributed by atoms with Crippen LogP contribution in [0.2, 0.25) is 0 Å². The molecule has 0 aliphatic carbocycles. The summed E-state index contributed by atoms with van der Waals surface area (Å²) in [5, 5.41) is 1.23. The first-order valence-corrected chi connectivity index (χ1v) is 11.1. The van der Waals surface area contributed by atoms with Crippen molar-refractivity contribution in [3.8, 4) is 0 Å². The third-order valence-electron chi connectivity index (χ3n) is 3.97. The van der Waals surface area contributed by atoms with E-state index in [2.05, 4.69) is 100 Å². The van der Waals surface area contributed by atoms with E-state index >= 15 is 0 Å². The quantitative estimate of drug-likeness (QED) is 0.441. The third-order valence-corrected chi connectivity index (χ3v) is 7.76. The average molecular weight is 394 g/mol. The van der Waals surface area contributed by atoms with E-state index < -0.39 is 0 Å². The highest BCUT2D eigenvalue weighted by molar-refractivity contribution is 7.12. The van der Waals surface area contributed by atoms with Gasteiger partial charge in [0, 0.05) is 26.2 Å². The molecule has 0 spiro atoms. The Kier molecular flexibility index (Phi) is 6.97. The molecule has 2 aromatic rings. The van der Waals surface area contributed by atoms with Crippen LogP contribution in [-0.2, 0) is 21.7 Å². The van der Waals surface area contributed by atoms with Gasteiger partial charge in [-0.1, -0.05) is 83.1 Å². The van der Waals surface area contributed by atoms with Gasteiger partial charge in [-0.25, -0.2) is 4.98 Å². The van der Waals surface area contributed by atoms with Crippen molar-refractivity contribution >= 4 is 22.7 Å². The van der Waals surface area contributed by atoms with E-state index in [0.29, 0.717) is 10.8 Å². The number of thiophene rings is 1. The summed E-state index contributed by atoms with van der Waals surface area (Å²) in [4.78, 5) is 8.81. The molecule has 0 bridgehead atoms. The van der Waals surface area contributed by atoms with Crippen LogP contribution in [-0.4, -0.2) is 4.98 Å². The van der Waals surface area contributed by atoms with Crippen LogP contribution in [0.4, 0.5) is 0 Å². The second-order valence-corrected chi connectivity index (χ2v) is 13.3. The van der Waals surface area contributed by atoms with Gasteiger partial charge in [-0.2, -0.15) is 0 Å². The monoisotopic (exact) mass is 393 g/mol. The highest BCUT2D eigenvalue weighted by Crippen LogP contribution is 2.35. The molecule has 2 aromatic heterocycles. The number of aromatic nitrogens is 1. The van der Waals surface area contributed by atoms with E-state index in [9.17, 15) is 0 Å². The molecular weight excluding hydrogens is 354 g/mol. The molecule has 0 fully saturated rings. The standard InChI is InChI=1S/C12H20S.C11H19NS/c1-11(2,3)9-7-8-10(13-9)12(4,5)6;1-10(2,3)8-7-12-9(13-8)11(4,5)6/h7-8H,1-6H3;7H,1-6H3. The fraction of sp³-hybridized carbons (Fsp3) is 0.696. The molecule has 148 valence electrons. The lowest BCUT2D eigenvalue weighted by atomic mass is 9.93. The van der Waals surface area contributed by atoms with Gasteiger partial charge in [-0.15, -0.1) is 22.7 Å². The Morgan fingerprint density at radius 3 is 1.12 bits per heavy atom. The lowest BCUT2D eigenvalue weighted by molar-refractivity contribution is 0.585. The van der Waals surface area contributed by atoms with Gasteiger partial charge in [0.1, 0.15) is 0 Å². The summed E-state index contributed by atoms with van der Waals surface area (Å²) in [6.07, 6.45) is 2.02. The van der Waals surface area contributed by atoms with Crippen molar-refractivity contribution in [2.45, 2.75) is 105 Å². The van der Waals surface area contributed by atoms with Crippen LogP contribution in [0.5, 0.6) is 0 Å². The number of hydrogen-bond donors (Lipinski definition) is 0. The summed E-state index contributed by atoms with van der Waals surface area (Å²) in [6.45, 7) is 26.9.